The number of nitrogens with zero attached hydrogens (tertiary/aromatic N) is 1. The molecular weight excluding hydrogens is 405 g/mol. The molecule has 2 aliphatic heterocycles. The number of nitrogens with one attached hydrogen (secondary N) is 1. The molecule has 2 aliphatic rings. The third-order valence-electron chi connectivity index (χ3n) is 5.04. The highest BCUT2D eigenvalue weighted by atomic mass is 19.4. The summed E-state index contributed by atoms with van der Waals surface area (Å²) in [5.74, 6) is 0.0910. The van der Waals surface area contributed by atoms with Gasteiger partial charge in [0, 0.05) is 37.4 Å². The van der Waals surface area contributed by atoms with Crippen molar-refractivity contribution in [2.24, 2.45) is 5.92 Å². The fourth-order valence-electron chi connectivity index (χ4n) is 3.43. The average Bonchev–Trinajstić information content (AvgIpc) is 3.24. The van der Waals surface area contributed by atoms with Gasteiger partial charge in [0.05, 0.1) is 6.10 Å². The molecule has 2 fully saturated rings. The normalized spacial score (nSPS) is 20.1. The number of likely N-dealkylation sites (tertiary alicyclic amines) is 1. The fourth-order valence-corrected chi connectivity index (χ4v) is 3.43. The highest BCUT2D eigenvalue weighted by Gasteiger charge is 2.33. The van der Waals surface area contributed by atoms with Crippen molar-refractivity contribution in [2.45, 2.75) is 38.0 Å². The molecule has 1 aromatic rings. The van der Waals surface area contributed by atoms with E-state index in [0.717, 1.165) is 19.4 Å². The molecule has 0 aliphatic carbocycles. The van der Waals surface area contributed by atoms with Gasteiger partial charge in [-0.05, 0) is 37.8 Å². The van der Waals surface area contributed by atoms with Crippen molar-refractivity contribution < 1.29 is 37.0 Å². The Morgan fingerprint density at radius 3 is 2.63 bits per heavy atom. The van der Waals surface area contributed by atoms with Crippen molar-refractivity contribution in [3.63, 3.8) is 0 Å². The number of benzene rings is 1. The molecule has 1 N–H and O–H groups in total. The summed E-state index contributed by atoms with van der Waals surface area (Å²) in [5.41, 5.74) is 0.594. The number of carbonyl (C=O) groups excluding carboxylic acids is 2. The van der Waals surface area contributed by atoms with E-state index in [0.29, 0.717) is 30.9 Å². The molecule has 166 valence electrons. The van der Waals surface area contributed by atoms with E-state index >= 15 is 0 Å². The molecule has 10 heteroatoms. The summed E-state index contributed by atoms with van der Waals surface area (Å²) in [4.78, 5) is 25.4. The monoisotopic (exact) mass is 430 g/mol. The van der Waals surface area contributed by atoms with E-state index in [1.165, 1.54) is 4.90 Å². The second-order valence-corrected chi connectivity index (χ2v) is 7.39. The van der Waals surface area contributed by atoms with E-state index in [1.54, 1.807) is 24.3 Å². The maximum atomic E-state index is 12.5. The van der Waals surface area contributed by atoms with Crippen molar-refractivity contribution in [2.75, 3.05) is 38.2 Å². The van der Waals surface area contributed by atoms with Gasteiger partial charge in [-0.25, -0.2) is 4.79 Å². The summed E-state index contributed by atoms with van der Waals surface area (Å²) in [6.45, 7) is -0.0700. The first kappa shape index (κ1) is 22.2. The number of anilines is 1. The minimum absolute atomic E-state index is 0.0938. The topological polar surface area (TPSA) is 77.1 Å². The predicted octanol–water partition coefficient (Wildman–Crippen LogP) is 3.59. The van der Waals surface area contributed by atoms with Crippen LogP contribution in [0.25, 0.3) is 0 Å². The molecule has 0 aromatic heterocycles. The number of halogens is 3. The lowest BCUT2D eigenvalue weighted by molar-refractivity contribution is -0.162. The zero-order valence-corrected chi connectivity index (χ0v) is 16.5. The molecule has 0 saturated carbocycles. The van der Waals surface area contributed by atoms with Gasteiger partial charge in [-0.3, -0.25) is 4.79 Å². The van der Waals surface area contributed by atoms with Gasteiger partial charge in [0.2, 0.25) is 5.91 Å². The maximum absolute atomic E-state index is 12.5. The quantitative estimate of drug-likeness (QED) is 0.746. The predicted molar refractivity (Wildman–Crippen MR) is 101 cm³/mol. The van der Waals surface area contributed by atoms with Gasteiger partial charge in [0.1, 0.15) is 12.4 Å². The van der Waals surface area contributed by atoms with Crippen LogP contribution >= 0.6 is 0 Å². The second-order valence-electron chi connectivity index (χ2n) is 7.39. The highest BCUT2D eigenvalue weighted by Crippen LogP contribution is 2.23. The van der Waals surface area contributed by atoms with Crippen LogP contribution in [0.4, 0.5) is 23.7 Å². The Kier molecular flexibility index (Phi) is 7.41. The summed E-state index contributed by atoms with van der Waals surface area (Å²) < 4.78 is 51.9. The minimum atomic E-state index is -4.56. The number of rotatable bonds is 6. The van der Waals surface area contributed by atoms with Crippen LogP contribution in [0.3, 0.4) is 0 Å². The van der Waals surface area contributed by atoms with Crippen molar-refractivity contribution in [1.82, 2.24) is 4.90 Å². The number of alkyl halides is 3. The Morgan fingerprint density at radius 1 is 1.20 bits per heavy atom. The zero-order chi connectivity index (χ0) is 21.6. The van der Waals surface area contributed by atoms with E-state index in [4.69, 9.17) is 9.47 Å². The Balaban J connectivity index is 1.43. The fraction of sp³-hybridized carbons (Fsp3) is 0.600. The molecule has 1 aromatic carbocycles. The number of hydrogen-bond donors (Lipinski definition) is 1. The molecule has 2 heterocycles. The van der Waals surface area contributed by atoms with Crippen LogP contribution in [0.15, 0.2) is 24.3 Å². The van der Waals surface area contributed by atoms with Gasteiger partial charge < -0.3 is 24.4 Å². The van der Waals surface area contributed by atoms with E-state index in [2.05, 4.69) is 10.1 Å². The number of ether oxygens (including phenoxy) is 3. The molecule has 2 saturated heterocycles. The van der Waals surface area contributed by atoms with Crippen molar-refractivity contribution in [1.29, 1.82) is 0 Å². The first-order valence-electron chi connectivity index (χ1n) is 9.94. The number of piperidine rings is 1. The van der Waals surface area contributed by atoms with Gasteiger partial charge in [0.15, 0.2) is 6.61 Å². The molecule has 3 rings (SSSR count). The van der Waals surface area contributed by atoms with E-state index in [1.807, 2.05) is 0 Å². The summed E-state index contributed by atoms with van der Waals surface area (Å²) in [6, 6.07) is 7.06. The van der Waals surface area contributed by atoms with Crippen LogP contribution in [0.2, 0.25) is 0 Å². The highest BCUT2D eigenvalue weighted by molar-refractivity contribution is 5.92. The summed E-state index contributed by atoms with van der Waals surface area (Å²) in [6.07, 6.45) is -2.78. The van der Waals surface area contributed by atoms with Crippen LogP contribution < -0.4 is 10.1 Å². The number of amides is 2. The summed E-state index contributed by atoms with van der Waals surface area (Å²) in [7, 11) is 0. The lowest BCUT2D eigenvalue weighted by Gasteiger charge is -2.30. The third kappa shape index (κ3) is 6.79. The SMILES string of the molecule is O=C(Nc1cccc(OCC2CCCO2)c1)C1CCN(C(=O)OCC(F)(F)F)CC1. The van der Waals surface area contributed by atoms with Crippen molar-refractivity contribution in [3.8, 4) is 5.75 Å². The van der Waals surface area contributed by atoms with Gasteiger partial charge in [-0.15, -0.1) is 0 Å². The van der Waals surface area contributed by atoms with Crippen LogP contribution in [0, 0.1) is 5.92 Å². The largest absolute Gasteiger partial charge is 0.491 e. The van der Waals surface area contributed by atoms with Crippen molar-refractivity contribution >= 4 is 17.7 Å². The van der Waals surface area contributed by atoms with Crippen LogP contribution in [-0.4, -0.2) is 62.1 Å². The number of hydrogen-bond acceptors (Lipinski definition) is 5. The Morgan fingerprint density at radius 2 is 1.97 bits per heavy atom. The molecule has 2 amide bonds. The summed E-state index contributed by atoms with van der Waals surface area (Å²) >= 11 is 0. The van der Waals surface area contributed by atoms with E-state index in [9.17, 15) is 22.8 Å². The Bertz CT molecular complexity index is 729. The first-order valence-corrected chi connectivity index (χ1v) is 9.94. The lowest BCUT2D eigenvalue weighted by atomic mass is 9.96. The van der Waals surface area contributed by atoms with Crippen LogP contribution in [-0.2, 0) is 14.3 Å². The molecule has 0 bridgehead atoms. The zero-order valence-electron chi connectivity index (χ0n) is 16.5. The second kappa shape index (κ2) is 10.0. The Labute approximate surface area is 172 Å². The van der Waals surface area contributed by atoms with Gasteiger partial charge in [0.25, 0.3) is 0 Å². The van der Waals surface area contributed by atoms with E-state index in [-0.39, 0.29) is 31.0 Å². The molecule has 0 radical (unpaired) electrons. The molecule has 0 spiro atoms. The number of carbonyl (C=O) groups is 2. The lowest BCUT2D eigenvalue weighted by Crippen LogP contribution is -2.42. The van der Waals surface area contributed by atoms with Crippen LogP contribution in [0.1, 0.15) is 25.7 Å². The van der Waals surface area contributed by atoms with Gasteiger partial charge in [-0.1, -0.05) is 6.07 Å². The van der Waals surface area contributed by atoms with Crippen molar-refractivity contribution in [3.05, 3.63) is 24.3 Å². The van der Waals surface area contributed by atoms with Gasteiger partial charge >= 0.3 is 12.3 Å². The summed E-state index contributed by atoms with van der Waals surface area (Å²) in [5, 5.41) is 2.84. The molecular formula is C20H25F3N2O5. The minimum Gasteiger partial charge on any atom is -0.491 e. The Hall–Kier alpha value is -2.49. The first-order chi connectivity index (χ1) is 14.3. The van der Waals surface area contributed by atoms with E-state index < -0.39 is 18.9 Å². The standard InChI is InChI=1S/C20H25F3N2O5/c21-20(22,23)13-30-19(27)25-8-6-14(7-9-25)18(26)24-15-3-1-4-16(11-15)29-12-17-5-2-10-28-17/h1,3-4,11,14,17H,2,5-10,12-13H2,(H,24,26). The third-order valence-corrected chi connectivity index (χ3v) is 5.04. The molecule has 7 nitrogen and oxygen atoms in total. The van der Waals surface area contributed by atoms with Crippen LogP contribution in [0.5, 0.6) is 5.75 Å². The molecule has 30 heavy (non-hydrogen) atoms. The molecule has 1 unspecified atom stereocenters. The smallest absolute Gasteiger partial charge is 0.422 e. The van der Waals surface area contributed by atoms with Gasteiger partial charge in [-0.2, -0.15) is 13.2 Å². The molecule has 1 atom stereocenters. The maximum Gasteiger partial charge on any atom is 0.422 e. The average molecular weight is 430 g/mol.